The molecule has 3 aromatic rings. The molecule has 0 radical (unpaired) electrons. The van der Waals surface area contributed by atoms with Crippen LogP contribution in [-0.4, -0.2) is 72.0 Å². The minimum Gasteiger partial charge on any atom is -0.474 e. The molecular formula is C25H32N6O5S. The van der Waals surface area contributed by atoms with E-state index in [0.717, 1.165) is 31.5 Å². The van der Waals surface area contributed by atoms with Crippen molar-refractivity contribution in [3.8, 4) is 5.88 Å². The number of carbonyl (C=O) groups is 1. The first kappa shape index (κ1) is 25.4. The van der Waals surface area contributed by atoms with Crippen LogP contribution >= 0.6 is 0 Å². The van der Waals surface area contributed by atoms with Gasteiger partial charge in [0.1, 0.15) is 11.9 Å². The molecule has 198 valence electrons. The Labute approximate surface area is 216 Å². The summed E-state index contributed by atoms with van der Waals surface area (Å²) < 4.78 is 40.5. The summed E-state index contributed by atoms with van der Waals surface area (Å²) >= 11 is 0. The zero-order valence-corrected chi connectivity index (χ0v) is 21.7. The average molecular weight is 529 g/mol. The maximum atomic E-state index is 12.7. The fourth-order valence-corrected chi connectivity index (χ4v) is 5.91. The van der Waals surface area contributed by atoms with Crippen molar-refractivity contribution >= 4 is 32.7 Å². The number of fused-ring (bicyclic) bond motifs is 1. The Kier molecular flexibility index (Phi) is 7.56. The molecule has 1 aliphatic heterocycles. The van der Waals surface area contributed by atoms with Gasteiger partial charge in [-0.2, -0.15) is 4.98 Å². The zero-order chi connectivity index (χ0) is 25.8. The summed E-state index contributed by atoms with van der Waals surface area (Å²) in [5.74, 6) is 0.309. The van der Waals surface area contributed by atoms with Crippen LogP contribution in [0.4, 0.5) is 5.82 Å². The second-order valence-corrected chi connectivity index (χ2v) is 11.3. The van der Waals surface area contributed by atoms with E-state index < -0.39 is 15.9 Å². The van der Waals surface area contributed by atoms with Gasteiger partial charge in [0.25, 0.3) is 5.91 Å². The van der Waals surface area contributed by atoms with Crippen LogP contribution in [0.15, 0.2) is 37.1 Å². The van der Waals surface area contributed by atoms with Gasteiger partial charge in [-0.05, 0) is 38.2 Å². The minimum atomic E-state index is -3.71. The molecule has 1 aliphatic carbocycles. The van der Waals surface area contributed by atoms with Gasteiger partial charge in [0.2, 0.25) is 15.9 Å². The summed E-state index contributed by atoms with van der Waals surface area (Å²) in [6, 6.07) is 3.88. The van der Waals surface area contributed by atoms with Crippen molar-refractivity contribution in [3.05, 3.63) is 42.6 Å². The number of ether oxygens (including phenoxy) is 2. The molecule has 0 unspecified atom stereocenters. The number of hydrogen-bond acceptors (Lipinski definition) is 9. The predicted molar refractivity (Wildman–Crippen MR) is 138 cm³/mol. The number of rotatable bonds is 8. The number of hydrogen-bond donors (Lipinski definition) is 1. The third-order valence-electron chi connectivity index (χ3n) is 6.82. The zero-order valence-electron chi connectivity index (χ0n) is 20.9. The number of anilines is 1. The number of amides is 1. The molecule has 0 bridgehead atoms. The molecule has 37 heavy (non-hydrogen) atoms. The van der Waals surface area contributed by atoms with Crippen LogP contribution in [0.1, 0.15) is 55.4 Å². The Morgan fingerprint density at radius 3 is 2.68 bits per heavy atom. The highest BCUT2D eigenvalue weighted by Gasteiger charge is 2.26. The van der Waals surface area contributed by atoms with Gasteiger partial charge in [-0.15, -0.1) is 0 Å². The van der Waals surface area contributed by atoms with Gasteiger partial charge >= 0.3 is 0 Å². The van der Waals surface area contributed by atoms with E-state index in [1.165, 1.54) is 6.20 Å². The molecule has 2 aliphatic rings. The summed E-state index contributed by atoms with van der Waals surface area (Å²) in [4.78, 5) is 28.3. The van der Waals surface area contributed by atoms with Crippen molar-refractivity contribution in [2.75, 3.05) is 37.0 Å². The van der Waals surface area contributed by atoms with Crippen molar-refractivity contribution in [3.63, 3.8) is 0 Å². The highest BCUT2D eigenvalue weighted by Crippen LogP contribution is 2.34. The van der Waals surface area contributed by atoms with Crippen LogP contribution < -0.4 is 14.4 Å². The molecule has 2 fully saturated rings. The van der Waals surface area contributed by atoms with Gasteiger partial charge in [-0.1, -0.05) is 6.92 Å². The monoisotopic (exact) mass is 528 g/mol. The highest BCUT2D eigenvalue weighted by atomic mass is 32.2. The van der Waals surface area contributed by atoms with E-state index in [1.807, 2.05) is 18.6 Å². The summed E-state index contributed by atoms with van der Waals surface area (Å²) in [6.07, 6.45) is 11.1. The Balaban J connectivity index is 1.42. The molecule has 0 spiro atoms. The molecule has 1 N–H and O–H groups in total. The van der Waals surface area contributed by atoms with Gasteiger partial charge < -0.3 is 18.9 Å². The summed E-state index contributed by atoms with van der Waals surface area (Å²) in [6.45, 7) is 4.40. The first-order chi connectivity index (χ1) is 17.9. The molecule has 12 heteroatoms. The maximum Gasteiger partial charge on any atom is 0.266 e. The SMILES string of the molecule is CCCS(=O)(=O)NC(=O)c1cnc2cc(N3CCOCC3)nc(OC3CCC(n4ccnc4)CC3)c2c1. The Morgan fingerprint density at radius 2 is 1.97 bits per heavy atom. The van der Waals surface area contributed by atoms with Gasteiger partial charge in [-0.3, -0.25) is 9.78 Å². The lowest BCUT2D eigenvalue weighted by Crippen LogP contribution is -2.37. The van der Waals surface area contributed by atoms with Crippen molar-refractivity contribution < 1.29 is 22.7 Å². The standard InChI is InChI=1S/C25H32N6O5S/c1-2-13-37(33,34)29-24(32)18-14-21-22(27-16-18)15-23(30-9-11-35-12-10-30)28-25(21)36-20-5-3-19(4-6-20)31-8-7-26-17-31/h7-8,14-17,19-20H,2-6,9-13H2,1H3,(H,29,32). The van der Waals surface area contributed by atoms with E-state index >= 15 is 0 Å². The Bertz CT molecular complexity index is 1330. The number of nitrogens with one attached hydrogen (secondary N) is 1. The predicted octanol–water partition coefficient (Wildman–Crippen LogP) is 2.70. The van der Waals surface area contributed by atoms with Crippen LogP contribution in [0, 0.1) is 0 Å². The van der Waals surface area contributed by atoms with Gasteiger partial charge in [-0.25, -0.2) is 18.1 Å². The van der Waals surface area contributed by atoms with E-state index in [-0.39, 0.29) is 17.4 Å². The second-order valence-electron chi connectivity index (χ2n) is 9.48. The lowest BCUT2D eigenvalue weighted by molar-refractivity contribution is 0.0981. The van der Waals surface area contributed by atoms with Crippen molar-refractivity contribution in [2.45, 2.75) is 51.2 Å². The third kappa shape index (κ3) is 6.02. The van der Waals surface area contributed by atoms with Crippen LogP contribution in [0.5, 0.6) is 5.88 Å². The van der Waals surface area contributed by atoms with Crippen molar-refractivity contribution in [2.24, 2.45) is 0 Å². The van der Waals surface area contributed by atoms with Crippen LogP contribution in [0.2, 0.25) is 0 Å². The van der Waals surface area contributed by atoms with E-state index in [1.54, 1.807) is 19.2 Å². The number of carbonyl (C=O) groups excluding carboxylic acids is 1. The minimum absolute atomic E-state index is 0.0298. The molecule has 1 saturated heterocycles. The van der Waals surface area contributed by atoms with Crippen LogP contribution in [0.25, 0.3) is 10.9 Å². The highest BCUT2D eigenvalue weighted by molar-refractivity contribution is 7.90. The van der Waals surface area contributed by atoms with E-state index in [9.17, 15) is 13.2 Å². The second kappa shape index (κ2) is 11.0. The molecule has 4 heterocycles. The van der Waals surface area contributed by atoms with E-state index in [4.69, 9.17) is 14.5 Å². The smallest absolute Gasteiger partial charge is 0.266 e. The van der Waals surface area contributed by atoms with Gasteiger partial charge in [0.05, 0.1) is 41.8 Å². The first-order valence-electron chi connectivity index (χ1n) is 12.7. The normalized spacial score (nSPS) is 20.6. The number of sulfonamides is 1. The fraction of sp³-hybridized carbons (Fsp3) is 0.520. The number of nitrogens with zero attached hydrogens (tertiary/aromatic N) is 5. The molecule has 1 amide bonds. The van der Waals surface area contributed by atoms with Gasteiger partial charge in [0.15, 0.2) is 0 Å². The summed E-state index contributed by atoms with van der Waals surface area (Å²) in [5, 5.41) is 0.578. The molecule has 0 aromatic carbocycles. The van der Waals surface area contributed by atoms with Gasteiger partial charge in [0, 0.05) is 43.8 Å². The average Bonchev–Trinajstić information content (AvgIpc) is 3.44. The number of imidazole rings is 1. The first-order valence-corrected chi connectivity index (χ1v) is 14.4. The molecular weight excluding hydrogens is 496 g/mol. The Hall–Kier alpha value is -3.25. The number of morpholine rings is 1. The topological polar surface area (TPSA) is 129 Å². The van der Waals surface area contributed by atoms with Crippen molar-refractivity contribution in [1.82, 2.24) is 24.2 Å². The lowest BCUT2D eigenvalue weighted by atomic mass is 9.93. The molecule has 0 atom stereocenters. The van der Waals surface area contributed by atoms with Crippen molar-refractivity contribution in [1.29, 1.82) is 0 Å². The van der Waals surface area contributed by atoms with E-state index in [2.05, 4.69) is 24.2 Å². The molecule has 3 aromatic heterocycles. The molecule has 1 saturated carbocycles. The Morgan fingerprint density at radius 1 is 1.19 bits per heavy atom. The maximum absolute atomic E-state index is 12.7. The summed E-state index contributed by atoms with van der Waals surface area (Å²) in [5.41, 5.74) is 0.772. The lowest BCUT2D eigenvalue weighted by Gasteiger charge is -2.31. The number of pyridine rings is 2. The number of aromatic nitrogens is 4. The summed E-state index contributed by atoms with van der Waals surface area (Å²) in [7, 11) is -3.71. The molecule has 11 nitrogen and oxygen atoms in total. The molecule has 5 rings (SSSR count). The largest absolute Gasteiger partial charge is 0.474 e. The fourth-order valence-electron chi connectivity index (χ4n) is 4.87. The van der Waals surface area contributed by atoms with E-state index in [0.29, 0.717) is 55.5 Å². The third-order valence-corrected chi connectivity index (χ3v) is 8.26. The quantitative estimate of drug-likeness (QED) is 0.469. The van der Waals surface area contributed by atoms with Crippen LogP contribution in [-0.2, 0) is 14.8 Å². The van der Waals surface area contributed by atoms with Crippen LogP contribution in [0.3, 0.4) is 0 Å².